The van der Waals surface area contributed by atoms with Crippen molar-refractivity contribution >= 4 is 5.91 Å². The van der Waals surface area contributed by atoms with Crippen LogP contribution in [0.4, 0.5) is 0 Å². The maximum atomic E-state index is 13.2. The lowest BCUT2D eigenvalue weighted by atomic mass is 9.91. The van der Waals surface area contributed by atoms with Crippen LogP contribution in [0.1, 0.15) is 37.8 Å². The van der Waals surface area contributed by atoms with Gasteiger partial charge in [0.05, 0.1) is 13.2 Å². The van der Waals surface area contributed by atoms with Gasteiger partial charge in [-0.05, 0) is 31.9 Å². The van der Waals surface area contributed by atoms with Gasteiger partial charge in [-0.2, -0.15) is 0 Å². The van der Waals surface area contributed by atoms with Gasteiger partial charge >= 0.3 is 0 Å². The van der Waals surface area contributed by atoms with Crippen molar-refractivity contribution in [3.05, 3.63) is 35.9 Å². The summed E-state index contributed by atoms with van der Waals surface area (Å²) < 4.78 is 0. The third-order valence-corrected chi connectivity index (χ3v) is 4.85. The average Bonchev–Trinajstić information content (AvgIpc) is 2.63. The molecule has 0 radical (unpaired) electrons. The van der Waals surface area contributed by atoms with Gasteiger partial charge in [-0.3, -0.25) is 9.69 Å². The van der Waals surface area contributed by atoms with E-state index < -0.39 is 5.41 Å². The minimum atomic E-state index is -0.635. The van der Waals surface area contributed by atoms with E-state index in [0.717, 1.165) is 31.5 Å². The highest BCUT2D eigenvalue weighted by molar-refractivity contribution is 5.83. The van der Waals surface area contributed by atoms with Crippen molar-refractivity contribution in [3.8, 4) is 0 Å². The molecule has 2 rings (SSSR count). The Morgan fingerprint density at radius 2 is 1.75 bits per heavy atom. The van der Waals surface area contributed by atoms with Crippen LogP contribution in [0.15, 0.2) is 30.3 Å². The van der Waals surface area contributed by atoms with Gasteiger partial charge < -0.3 is 15.1 Å². The van der Waals surface area contributed by atoms with Crippen molar-refractivity contribution in [1.29, 1.82) is 0 Å². The zero-order chi connectivity index (χ0) is 17.6. The predicted octanol–water partition coefficient (Wildman–Crippen LogP) is 1.66. The van der Waals surface area contributed by atoms with Crippen LogP contribution in [0, 0.1) is 5.41 Å². The molecule has 1 atom stereocenters. The number of piperidine rings is 1. The van der Waals surface area contributed by atoms with Crippen LogP contribution in [0.2, 0.25) is 0 Å². The fourth-order valence-electron chi connectivity index (χ4n) is 3.35. The van der Waals surface area contributed by atoms with Crippen LogP contribution in [0.3, 0.4) is 0 Å². The summed E-state index contributed by atoms with van der Waals surface area (Å²) in [5, 5.41) is 19.2. The Balaban J connectivity index is 2.24. The smallest absolute Gasteiger partial charge is 0.244 e. The van der Waals surface area contributed by atoms with Crippen molar-refractivity contribution in [1.82, 2.24) is 9.80 Å². The standard InChI is InChI=1S/C19H30N2O3/c1-19(14-22,15-23)13-20(2)17(16-9-5-3-6-10-16)18(24)21-11-7-4-8-12-21/h3,5-6,9-10,17,22-23H,4,7-8,11-15H2,1-2H3. The largest absolute Gasteiger partial charge is 0.396 e. The second kappa shape index (κ2) is 8.60. The number of hydrogen-bond donors (Lipinski definition) is 2. The van der Waals surface area contributed by atoms with E-state index in [1.807, 2.05) is 54.1 Å². The first-order chi connectivity index (χ1) is 11.5. The Morgan fingerprint density at radius 1 is 1.17 bits per heavy atom. The lowest BCUT2D eigenvalue weighted by Crippen LogP contribution is -2.47. The lowest BCUT2D eigenvalue weighted by Gasteiger charge is -2.38. The third-order valence-electron chi connectivity index (χ3n) is 4.85. The summed E-state index contributed by atoms with van der Waals surface area (Å²) >= 11 is 0. The molecule has 134 valence electrons. The fraction of sp³-hybridized carbons (Fsp3) is 0.632. The summed E-state index contributed by atoms with van der Waals surface area (Å²) in [6, 6.07) is 9.38. The maximum Gasteiger partial charge on any atom is 0.244 e. The number of carbonyl (C=O) groups is 1. The molecule has 1 heterocycles. The van der Waals surface area contributed by atoms with E-state index in [-0.39, 0.29) is 25.2 Å². The molecular formula is C19H30N2O3. The minimum absolute atomic E-state index is 0.113. The van der Waals surface area contributed by atoms with Crippen molar-refractivity contribution in [2.45, 2.75) is 32.2 Å². The van der Waals surface area contributed by atoms with E-state index in [1.54, 1.807) is 0 Å². The Hall–Kier alpha value is -1.43. The molecule has 2 N–H and O–H groups in total. The first kappa shape index (κ1) is 18.9. The lowest BCUT2D eigenvalue weighted by molar-refractivity contribution is -0.138. The van der Waals surface area contributed by atoms with Gasteiger partial charge in [0.2, 0.25) is 5.91 Å². The maximum absolute atomic E-state index is 13.2. The fourth-order valence-corrected chi connectivity index (χ4v) is 3.35. The van der Waals surface area contributed by atoms with Gasteiger partial charge in [0.25, 0.3) is 0 Å². The van der Waals surface area contributed by atoms with E-state index in [9.17, 15) is 15.0 Å². The summed E-state index contributed by atoms with van der Waals surface area (Å²) in [7, 11) is 1.89. The van der Waals surface area contributed by atoms with Crippen LogP contribution >= 0.6 is 0 Å². The van der Waals surface area contributed by atoms with E-state index in [0.29, 0.717) is 6.54 Å². The molecule has 1 aromatic rings. The molecule has 1 aliphatic rings. The number of rotatable bonds is 7. The quantitative estimate of drug-likeness (QED) is 0.796. The Labute approximate surface area is 144 Å². The van der Waals surface area contributed by atoms with Gasteiger partial charge in [-0.1, -0.05) is 37.3 Å². The van der Waals surface area contributed by atoms with Gasteiger partial charge in [0.1, 0.15) is 6.04 Å². The van der Waals surface area contributed by atoms with E-state index in [1.165, 1.54) is 6.42 Å². The molecule has 5 nitrogen and oxygen atoms in total. The van der Waals surface area contributed by atoms with Gasteiger partial charge in [0, 0.05) is 25.0 Å². The summed E-state index contributed by atoms with van der Waals surface area (Å²) in [4.78, 5) is 17.1. The number of hydrogen-bond acceptors (Lipinski definition) is 4. The second-order valence-electron chi connectivity index (χ2n) is 7.24. The molecule has 0 saturated carbocycles. The summed E-state index contributed by atoms with van der Waals surface area (Å²) in [6.45, 7) is 3.66. The summed E-state index contributed by atoms with van der Waals surface area (Å²) in [6.07, 6.45) is 3.30. The number of aliphatic hydroxyl groups is 2. The molecule has 1 amide bonds. The van der Waals surface area contributed by atoms with Gasteiger partial charge in [-0.25, -0.2) is 0 Å². The van der Waals surface area contributed by atoms with E-state index in [2.05, 4.69) is 0 Å². The van der Waals surface area contributed by atoms with E-state index in [4.69, 9.17) is 0 Å². The topological polar surface area (TPSA) is 64.0 Å². The highest BCUT2D eigenvalue weighted by atomic mass is 16.3. The molecule has 0 spiro atoms. The second-order valence-corrected chi connectivity index (χ2v) is 7.24. The van der Waals surface area contributed by atoms with Crippen LogP contribution in [-0.4, -0.2) is 65.8 Å². The summed E-state index contributed by atoms with van der Waals surface area (Å²) in [5.74, 6) is 0.113. The predicted molar refractivity (Wildman–Crippen MR) is 94.5 cm³/mol. The molecule has 1 fully saturated rings. The van der Waals surface area contributed by atoms with Gasteiger partial charge in [0.15, 0.2) is 0 Å². The van der Waals surface area contributed by atoms with Crippen LogP contribution in [0.5, 0.6) is 0 Å². The molecule has 1 unspecified atom stereocenters. The monoisotopic (exact) mass is 334 g/mol. The number of likely N-dealkylation sites (N-methyl/N-ethyl adjacent to an activating group) is 1. The average molecular weight is 334 g/mol. The Morgan fingerprint density at radius 3 is 2.29 bits per heavy atom. The molecule has 0 bridgehead atoms. The van der Waals surface area contributed by atoms with Crippen molar-refractivity contribution < 1.29 is 15.0 Å². The molecule has 1 saturated heterocycles. The third kappa shape index (κ3) is 4.56. The van der Waals surface area contributed by atoms with Crippen molar-refractivity contribution in [2.24, 2.45) is 5.41 Å². The Bertz CT molecular complexity index is 511. The number of carbonyl (C=O) groups excluding carboxylic acids is 1. The zero-order valence-electron chi connectivity index (χ0n) is 14.8. The van der Waals surface area contributed by atoms with Crippen LogP contribution in [-0.2, 0) is 4.79 Å². The SMILES string of the molecule is CN(CC(C)(CO)CO)C(C(=O)N1CCCCC1)c1ccccc1. The van der Waals surface area contributed by atoms with Gasteiger partial charge in [-0.15, -0.1) is 0 Å². The molecule has 24 heavy (non-hydrogen) atoms. The molecule has 1 aromatic carbocycles. The zero-order valence-corrected chi connectivity index (χ0v) is 14.8. The highest BCUT2D eigenvalue weighted by Crippen LogP contribution is 2.27. The highest BCUT2D eigenvalue weighted by Gasteiger charge is 2.34. The molecular weight excluding hydrogens is 304 g/mol. The molecule has 1 aliphatic heterocycles. The van der Waals surface area contributed by atoms with Crippen LogP contribution in [0.25, 0.3) is 0 Å². The number of likely N-dealkylation sites (tertiary alicyclic amines) is 1. The first-order valence-electron chi connectivity index (χ1n) is 8.76. The normalized spacial score (nSPS) is 17.1. The first-order valence-corrected chi connectivity index (χ1v) is 8.76. The Kier molecular flexibility index (Phi) is 6.78. The number of benzene rings is 1. The molecule has 0 aromatic heterocycles. The van der Waals surface area contributed by atoms with Crippen LogP contribution < -0.4 is 0 Å². The number of amides is 1. The molecule has 5 heteroatoms. The van der Waals surface area contributed by atoms with Crippen molar-refractivity contribution in [3.63, 3.8) is 0 Å². The minimum Gasteiger partial charge on any atom is -0.396 e. The van der Waals surface area contributed by atoms with Crippen molar-refractivity contribution in [2.75, 3.05) is 39.9 Å². The summed E-state index contributed by atoms with van der Waals surface area (Å²) in [5.41, 5.74) is 0.318. The van der Waals surface area contributed by atoms with E-state index >= 15 is 0 Å². The number of aliphatic hydroxyl groups excluding tert-OH is 2. The molecule has 0 aliphatic carbocycles. The number of nitrogens with zero attached hydrogens (tertiary/aromatic N) is 2.